The third kappa shape index (κ3) is 3.35. The van der Waals surface area contributed by atoms with E-state index in [2.05, 4.69) is 20.6 Å². The van der Waals surface area contributed by atoms with Crippen LogP contribution in [-0.2, 0) is 0 Å². The predicted molar refractivity (Wildman–Crippen MR) is 108 cm³/mol. The molecule has 0 radical (unpaired) electrons. The van der Waals surface area contributed by atoms with Gasteiger partial charge in [0.2, 0.25) is 0 Å². The second kappa shape index (κ2) is 7.68. The molecule has 4 heterocycles. The molecule has 2 N–H and O–H groups in total. The average Bonchev–Trinajstić information content (AvgIpc) is 3.29. The van der Waals surface area contributed by atoms with Gasteiger partial charge in [0.25, 0.3) is 5.91 Å². The minimum atomic E-state index is 0.00783. The molecule has 2 bridgehead atoms. The highest BCUT2D eigenvalue weighted by atomic mass is 16.1. The lowest BCUT2D eigenvalue weighted by Crippen LogP contribution is -2.65. The highest BCUT2D eigenvalue weighted by molar-refractivity contribution is 5.94. The topological polar surface area (TPSA) is 62.2 Å². The third-order valence-electron chi connectivity index (χ3n) is 6.87. The first-order valence-corrected chi connectivity index (χ1v) is 10.6. The van der Waals surface area contributed by atoms with Crippen LogP contribution in [0.1, 0.15) is 36.0 Å². The first-order chi connectivity index (χ1) is 13.8. The molecule has 3 fully saturated rings. The summed E-state index contributed by atoms with van der Waals surface area (Å²) in [5.74, 6) is 1.44. The molecule has 6 nitrogen and oxygen atoms in total. The van der Waals surface area contributed by atoms with E-state index in [4.69, 9.17) is 0 Å². The minimum Gasteiger partial charge on any atom is -0.350 e. The molecule has 4 atom stereocenters. The Morgan fingerprint density at radius 2 is 2.14 bits per heavy atom. The summed E-state index contributed by atoms with van der Waals surface area (Å²) in [7, 11) is 0. The van der Waals surface area contributed by atoms with Gasteiger partial charge in [0, 0.05) is 36.6 Å². The summed E-state index contributed by atoms with van der Waals surface area (Å²) in [6, 6.07) is 10.7. The summed E-state index contributed by atoms with van der Waals surface area (Å²) < 4.78 is 1.78. The van der Waals surface area contributed by atoms with Crippen molar-refractivity contribution in [2.75, 3.05) is 26.2 Å². The molecule has 3 aliphatic heterocycles. The van der Waals surface area contributed by atoms with Gasteiger partial charge in [-0.25, -0.2) is 4.68 Å². The maximum Gasteiger partial charge on any atom is 0.251 e. The van der Waals surface area contributed by atoms with Crippen molar-refractivity contribution in [1.82, 2.24) is 25.3 Å². The van der Waals surface area contributed by atoms with Crippen molar-refractivity contribution in [2.45, 2.75) is 37.8 Å². The summed E-state index contributed by atoms with van der Waals surface area (Å²) in [6.07, 6.45) is 8.90. The predicted octanol–water partition coefficient (Wildman–Crippen LogP) is 2.06. The van der Waals surface area contributed by atoms with Crippen LogP contribution < -0.4 is 10.6 Å². The van der Waals surface area contributed by atoms with Gasteiger partial charge in [0.05, 0.1) is 5.69 Å². The van der Waals surface area contributed by atoms with Crippen LogP contribution in [0.4, 0.5) is 0 Å². The van der Waals surface area contributed by atoms with Crippen molar-refractivity contribution in [1.29, 1.82) is 0 Å². The van der Waals surface area contributed by atoms with Crippen LogP contribution >= 0.6 is 0 Å². The third-order valence-corrected chi connectivity index (χ3v) is 6.87. The fraction of sp³-hybridized carbons (Fsp3) is 0.545. The molecule has 1 amide bonds. The Hall–Kier alpha value is -2.18. The highest BCUT2D eigenvalue weighted by Gasteiger charge is 2.45. The monoisotopic (exact) mass is 379 g/mol. The molecule has 148 valence electrons. The van der Waals surface area contributed by atoms with E-state index >= 15 is 0 Å². The Morgan fingerprint density at radius 3 is 3.04 bits per heavy atom. The van der Waals surface area contributed by atoms with Gasteiger partial charge in [-0.1, -0.05) is 12.5 Å². The number of amides is 1. The Morgan fingerprint density at radius 1 is 1.21 bits per heavy atom. The fourth-order valence-corrected chi connectivity index (χ4v) is 5.56. The number of rotatable bonds is 4. The molecular weight excluding hydrogens is 350 g/mol. The number of carbonyl (C=O) groups is 1. The Bertz CT molecular complexity index is 820. The van der Waals surface area contributed by atoms with Gasteiger partial charge in [-0.2, -0.15) is 5.10 Å². The number of hydrogen-bond acceptors (Lipinski definition) is 4. The highest BCUT2D eigenvalue weighted by Crippen LogP contribution is 2.38. The molecule has 3 aliphatic rings. The van der Waals surface area contributed by atoms with Crippen LogP contribution in [0.15, 0.2) is 42.7 Å². The summed E-state index contributed by atoms with van der Waals surface area (Å²) in [6.45, 7) is 4.17. The number of nitrogens with zero attached hydrogens (tertiary/aromatic N) is 3. The zero-order valence-corrected chi connectivity index (χ0v) is 16.3. The number of benzene rings is 1. The molecule has 0 unspecified atom stereocenters. The van der Waals surface area contributed by atoms with Gasteiger partial charge in [0.15, 0.2) is 0 Å². The largest absolute Gasteiger partial charge is 0.350 e. The molecule has 0 spiro atoms. The van der Waals surface area contributed by atoms with Crippen molar-refractivity contribution < 1.29 is 4.79 Å². The zero-order valence-electron chi connectivity index (χ0n) is 16.3. The molecule has 1 aromatic heterocycles. The molecule has 28 heavy (non-hydrogen) atoms. The van der Waals surface area contributed by atoms with Crippen LogP contribution in [0.2, 0.25) is 0 Å². The van der Waals surface area contributed by atoms with Crippen LogP contribution in [-0.4, -0.2) is 58.9 Å². The molecule has 3 saturated heterocycles. The smallest absolute Gasteiger partial charge is 0.251 e. The van der Waals surface area contributed by atoms with Crippen molar-refractivity contribution >= 4 is 5.91 Å². The molecule has 0 saturated carbocycles. The lowest BCUT2D eigenvalue weighted by atomic mass is 9.73. The fourth-order valence-electron chi connectivity index (χ4n) is 5.56. The zero-order chi connectivity index (χ0) is 18.9. The number of carbonyl (C=O) groups excluding carboxylic acids is 1. The van der Waals surface area contributed by atoms with E-state index in [1.807, 2.05) is 36.5 Å². The van der Waals surface area contributed by atoms with Gasteiger partial charge >= 0.3 is 0 Å². The summed E-state index contributed by atoms with van der Waals surface area (Å²) in [5.41, 5.74) is 1.60. The van der Waals surface area contributed by atoms with E-state index in [9.17, 15) is 4.79 Å². The molecule has 1 aromatic carbocycles. The van der Waals surface area contributed by atoms with Gasteiger partial charge in [-0.15, -0.1) is 0 Å². The van der Waals surface area contributed by atoms with Crippen LogP contribution in [0.25, 0.3) is 5.69 Å². The average molecular weight is 380 g/mol. The Labute approximate surface area is 166 Å². The number of aromatic nitrogens is 2. The lowest BCUT2D eigenvalue weighted by Gasteiger charge is -2.55. The van der Waals surface area contributed by atoms with E-state index < -0.39 is 0 Å². The van der Waals surface area contributed by atoms with E-state index in [1.165, 1.54) is 32.2 Å². The molecule has 6 heteroatoms. The maximum absolute atomic E-state index is 12.9. The van der Waals surface area contributed by atoms with E-state index in [1.54, 1.807) is 10.9 Å². The van der Waals surface area contributed by atoms with Crippen LogP contribution in [0, 0.1) is 11.8 Å². The SMILES string of the molecule is O=C(NC[C@H]1[C@@H]2CNC[C@@H](C2)[C@@H]2CCCCN21)c1cccc(-n2cccn2)c1. The summed E-state index contributed by atoms with van der Waals surface area (Å²) in [5, 5.41) is 11.1. The minimum absolute atomic E-state index is 0.00783. The van der Waals surface area contributed by atoms with Gasteiger partial charge < -0.3 is 10.6 Å². The van der Waals surface area contributed by atoms with Gasteiger partial charge in [-0.3, -0.25) is 9.69 Å². The van der Waals surface area contributed by atoms with Gasteiger partial charge in [-0.05, 0) is 75.0 Å². The van der Waals surface area contributed by atoms with Crippen molar-refractivity contribution in [3.05, 3.63) is 48.3 Å². The number of hydrogen-bond donors (Lipinski definition) is 2. The van der Waals surface area contributed by atoms with E-state index in [-0.39, 0.29) is 5.91 Å². The Kier molecular flexibility index (Phi) is 4.91. The standard InChI is InChI=1S/C22H29N5O/c28-22(16-5-3-6-19(12-16)27-10-4-8-25-27)24-15-21-18-11-17(13-23-14-18)20-7-1-2-9-26(20)21/h3-6,8,10,12,17-18,20-21,23H,1-2,7,9,11,13-15H2,(H,24,28)/t17-,18+,20+,21+/m1/s1. The molecule has 0 aliphatic carbocycles. The second-order valence-electron chi connectivity index (χ2n) is 8.49. The van der Waals surface area contributed by atoms with Gasteiger partial charge in [0.1, 0.15) is 0 Å². The first-order valence-electron chi connectivity index (χ1n) is 10.6. The van der Waals surface area contributed by atoms with Crippen molar-refractivity contribution in [2.24, 2.45) is 11.8 Å². The summed E-state index contributed by atoms with van der Waals surface area (Å²) >= 11 is 0. The molecule has 2 aromatic rings. The van der Waals surface area contributed by atoms with Crippen LogP contribution in [0.3, 0.4) is 0 Å². The molecular formula is C22H29N5O. The van der Waals surface area contributed by atoms with Crippen LogP contribution in [0.5, 0.6) is 0 Å². The maximum atomic E-state index is 12.9. The lowest BCUT2D eigenvalue weighted by molar-refractivity contribution is -0.0371. The molecule has 5 rings (SSSR count). The first kappa shape index (κ1) is 17.9. The Balaban J connectivity index is 1.29. The van der Waals surface area contributed by atoms with Crippen molar-refractivity contribution in [3.63, 3.8) is 0 Å². The quantitative estimate of drug-likeness (QED) is 0.854. The summed E-state index contributed by atoms with van der Waals surface area (Å²) in [4.78, 5) is 15.6. The van der Waals surface area contributed by atoms with Crippen molar-refractivity contribution in [3.8, 4) is 5.69 Å². The number of fused-ring (bicyclic) bond motifs is 4. The normalized spacial score (nSPS) is 29.9. The number of nitrogens with one attached hydrogen (secondary N) is 2. The second-order valence-corrected chi connectivity index (χ2v) is 8.49. The van der Waals surface area contributed by atoms with E-state index in [0.29, 0.717) is 23.6 Å². The van der Waals surface area contributed by atoms with E-state index in [0.717, 1.165) is 31.2 Å². The number of piperidine rings is 3.